The summed E-state index contributed by atoms with van der Waals surface area (Å²) in [5.74, 6) is -0.411. The van der Waals surface area contributed by atoms with Crippen LogP contribution < -0.4 is 10.2 Å². The molecule has 1 aromatic heterocycles. The Balaban J connectivity index is 2.07. The van der Waals surface area contributed by atoms with Crippen LogP contribution in [0.25, 0.3) is 0 Å². The molecule has 2 atom stereocenters. The summed E-state index contributed by atoms with van der Waals surface area (Å²) in [5.41, 5.74) is 1.89. The average Bonchev–Trinajstić information content (AvgIpc) is 2.43. The van der Waals surface area contributed by atoms with Crippen LogP contribution in [0.5, 0.6) is 0 Å². The molecular weight excluding hydrogens is 270 g/mol. The van der Waals surface area contributed by atoms with E-state index >= 15 is 0 Å². The molecule has 2 heterocycles. The van der Waals surface area contributed by atoms with Gasteiger partial charge in [0.25, 0.3) is 5.91 Å². The van der Waals surface area contributed by atoms with Crippen molar-refractivity contribution in [1.29, 1.82) is 0 Å². The molecule has 1 saturated heterocycles. The van der Waals surface area contributed by atoms with Crippen molar-refractivity contribution in [2.75, 3.05) is 19.7 Å². The number of nitrogens with one attached hydrogen (secondary N) is 2. The Morgan fingerprint density at radius 1 is 1.52 bits per heavy atom. The van der Waals surface area contributed by atoms with Crippen LogP contribution in [0.3, 0.4) is 0 Å². The Labute approximate surface area is 124 Å². The number of piperazine rings is 1. The number of hydrogen-bond donors (Lipinski definition) is 2. The maximum absolute atomic E-state index is 12.0. The molecule has 114 valence electrons. The van der Waals surface area contributed by atoms with Crippen LogP contribution >= 0.6 is 0 Å². The maximum Gasteiger partial charge on any atom is 0.312 e. The SMILES string of the molecule is CCOC(=O)CC1C(=O)NCC[NH+]1Cc1cccc(C)n1. The zero-order chi connectivity index (χ0) is 15.2. The fourth-order valence-corrected chi connectivity index (χ4v) is 2.59. The maximum atomic E-state index is 12.0. The highest BCUT2D eigenvalue weighted by Gasteiger charge is 2.36. The molecule has 2 unspecified atom stereocenters. The van der Waals surface area contributed by atoms with Crippen LogP contribution in [0, 0.1) is 6.92 Å². The molecule has 6 heteroatoms. The van der Waals surface area contributed by atoms with Gasteiger partial charge in [0.1, 0.15) is 13.0 Å². The number of nitrogens with zero attached hydrogens (tertiary/aromatic N) is 1. The lowest BCUT2D eigenvalue weighted by molar-refractivity contribution is -0.931. The molecule has 1 aliphatic rings. The second-order valence-electron chi connectivity index (χ2n) is 5.21. The molecule has 0 spiro atoms. The predicted octanol–water partition coefficient (Wildman–Crippen LogP) is -0.773. The smallest absolute Gasteiger partial charge is 0.312 e. The highest BCUT2D eigenvalue weighted by molar-refractivity contribution is 5.85. The number of hydrogen-bond acceptors (Lipinski definition) is 4. The molecule has 0 aromatic carbocycles. The second kappa shape index (κ2) is 7.17. The van der Waals surface area contributed by atoms with E-state index in [0.717, 1.165) is 22.8 Å². The minimum atomic E-state index is -0.403. The molecule has 1 amide bonds. The summed E-state index contributed by atoms with van der Waals surface area (Å²) in [6.07, 6.45) is 0.112. The van der Waals surface area contributed by atoms with E-state index < -0.39 is 6.04 Å². The Morgan fingerprint density at radius 2 is 2.33 bits per heavy atom. The van der Waals surface area contributed by atoms with E-state index in [0.29, 0.717) is 19.7 Å². The predicted molar refractivity (Wildman–Crippen MR) is 76.6 cm³/mol. The molecule has 1 aliphatic heterocycles. The molecule has 2 rings (SSSR count). The summed E-state index contributed by atoms with van der Waals surface area (Å²) < 4.78 is 4.96. The fraction of sp³-hybridized carbons (Fsp3) is 0.533. The van der Waals surface area contributed by atoms with Gasteiger partial charge in [-0.1, -0.05) is 6.07 Å². The first-order chi connectivity index (χ1) is 10.1. The minimum Gasteiger partial charge on any atom is -0.466 e. The van der Waals surface area contributed by atoms with Crippen LogP contribution in [-0.2, 0) is 20.9 Å². The van der Waals surface area contributed by atoms with Gasteiger partial charge in [-0.25, -0.2) is 0 Å². The normalized spacial score (nSPS) is 21.7. The van der Waals surface area contributed by atoms with E-state index in [2.05, 4.69) is 10.3 Å². The van der Waals surface area contributed by atoms with Gasteiger partial charge in [0.05, 0.1) is 25.4 Å². The Bertz CT molecular complexity index is 519. The third-order valence-electron chi connectivity index (χ3n) is 3.58. The van der Waals surface area contributed by atoms with Crippen molar-refractivity contribution in [2.45, 2.75) is 32.9 Å². The first kappa shape index (κ1) is 15.4. The van der Waals surface area contributed by atoms with Crippen molar-refractivity contribution >= 4 is 11.9 Å². The highest BCUT2D eigenvalue weighted by Crippen LogP contribution is 2.00. The zero-order valence-corrected chi connectivity index (χ0v) is 12.5. The summed E-state index contributed by atoms with van der Waals surface area (Å²) in [5, 5.41) is 2.82. The van der Waals surface area contributed by atoms with Gasteiger partial charge < -0.3 is 15.0 Å². The standard InChI is InChI=1S/C15H21N3O3/c1-3-21-14(19)9-13-15(20)16-7-8-18(13)10-12-6-4-5-11(2)17-12/h4-6,13H,3,7-10H2,1-2H3,(H,16,20)/p+1. The molecule has 21 heavy (non-hydrogen) atoms. The minimum absolute atomic E-state index is 0.0862. The molecular formula is C15H22N3O3+. The molecule has 1 aromatic rings. The van der Waals surface area contributed by atoms with Crippen molar-refractivity contribution in [3.63, 3.8) is 0 Å². The van der Waals surface area contributed by atoms with Gasteiger partial charge in [0.2, 0.25) is 0 Å². The lowest BCUT2D eigenvalue weighted by Crippen LogP contribution is -3.18. The van der Waals surface area contributed by atoms with Gasteiger partial charge in [-0.3, -0.25) is 14.6 Å². The number of aromatic nitrogens is 1. The lowest BCUT2D eigenvalue weighted by Gasteiger charge is -2.31. The van der Waals surface area contributed by atoms with Crippen molar-refractivity contribution in [2.24, 2.45) is 0 Å². The molecule has 0 radical (unpaired) electrons. The topological polar surface area (TPSA) is 72.7 Å². The van der Waals surface area contributed by atoms with E-state index in [1.165, 1.54) is 0 Å². The average molecular weight is 292 g/mol. The quantitative estimate of drug-likeness (QED) is 0.699. The monoisotopic (exact) mass is 292 g/mol. The van der Waals surface area contributed by atoms with E-state index in [1.807, 2.05) is 25.1 Å². The molecule has 0 bridgehead atoms. The number of quaternary nitrogens is 1. The number of carbonyl (C=O) groups is 2. The number of esters is 1. The van der Waals surface area contributed by atoms with Gasteiger partial charge in [-0.05, 0) is 26.0 Å². The zero-order valence-electron chi connectivity index (χ0n) is 12.5. The van der Waals surface area contributed by atoms with Crippen molar-refractivity contribution in [1.82, 2.24) is 10.3 Å². The van der Waals surface area contributed by atoms with Crippen LogP contribution in [0.15, 0.2) is 18.2 Å². The summed E-state index contributed by atoms with van der Waals surface area (Å²) in [6, 6.07) is 5.45. The number of rotatable bonds is 5. The Hall–Kier alpha value is -1.95. The van der Waals surface area contributed by atoms with Crippen molar-refractivity contribution in [3.8, 4) is 0 Å². The first-order valence-electron chi connectivity index (χ1n) is 7.30. The fourth-order valence-electron chi connectivity index (χ4n) is 2.59. The molecule has 0 saturated carbocycles. The van der Waals surface area contributed by atoms with Crippen LogP contribution in [0.2, 0.25) is 0 Å². The Morgan fingerprint density at radius 3 is 3.05 bits per heavy atom. The van der Waals surface area contributed by atoms with Crippen LogP contribution in [-0.4, -0.2) is 42.6 Å². The molecule has 1 fully saturated rings. The largest absolute Gasteiger partial charge is 0.466 e. The number of aryl methyl sites for hydroxylation is 1. The number of ether oxygens (including phenoxy) is 1. The molecule has 6 nitrogen and oxygen atoms in total. The lowest BCUT2D eigenvalue weighted by atomic mass is 10.1. The van der Waals surface area contributed by atoms with E-state index in [4.69, 9.17) is 4.74 Å². The van der Waals surface area contributed by atoms with Crippen molar-refractivity contribution < 1.29 is 19.2 Å². The number of carbonyl (C=O) groups excluding carboxylic acids is 2. The van der Waals surface area contributed by atoms with Crippen molar-refractivity contribution in [3.05, 3.63) is 29.6 Å². The van der Waals surface area contributed by atoms with Gasteiger partial charge >= 0.3 is 5.97 Å². The third kappa shape index (κ3) is 4.26. The highest BCUT2D eigenvalue weighted by atomic mass is 16.5. The third-order valence-corrected chi connectivity index (χ3v) is 3.58. The van der Waals surface area contributed by atoms with E-state index in [9.17, 15) is 9.59 Å². The van der Waals surface area contributed by atoms with Crippen LogP contribution in [0.1, 0.15) is 24.7 Å². The molecule has 2 N–H and O–H groups in total. The second-order valence-corrected chi connectivity index (χ2v) is 5.21. The summed E-state index contributed by atoms with van der Waals surface area (Å²) in [6.45, 7) is 6.09. The Kier molecular flexibility index (Phi) is 5.27. The van der Waals surface area contributed by atoms with Gasteiger partial charge in [0, 0.05) is 5.69 Å². The van der Waals surface area contributed by atoms with Gasteiger partial charge in [-0.2, -0.15) is 0 Å². The summed E-state index contributed by atoms with van der Waals surface area (Å²) in [4.78, 5) is 29.3. The van der Waals surface area contributed by atoms with Gasteiger partial charge in [0.15, 0.2) is 6.04 Å². The number of pyridine rings is 1. The van der Waals surface area contributed by atoms with Gasteiger partial charge in [-0.15, -0.1) is 0 Å². The summed E-state index contributed by atoms with van der Waals surface area (Å²) in [7, 11) is 0. The van der Waals surface area contributed by atoms with Crippen LogP contribution in [0.4, 0.5) is 0 Å². The number of amides is 1. The molecule has 0 aliphatic carbocycles. The van der Waals surface area contributed by atoms with E-state index in [-0.39, 0.29) is 18.3 Å². The summed E-state index contributed by atoms with van der Waals surface area (Å²) >= 11 is 0. The van der Waals surface area contributed by atoms with E-state index in [1.54, 1.807) is 6.92 Å². The first-order valence-corrected chi connectivity index (χ1v) is 7.30.